The van der Waals surface area contributed by atoms with Crippen LogP contribution in [-0.4, -0.2) is 188 Å². The SMILES string of the molecule is CC(=O)N[C@H]1[C@H](O[C@H]2[C@H](O[C@@H]3O[C@@H](C)[C@@H](O)[C@@H](O)[C@@H]3O)[C@@H](NC(C)=O)C(O)O[C@@H]2CO)O[C@H](CO)[C@H](O)[C@@H]1OC1O[C@H](C)[C@@H](O)C[C@@H]1O. The molecule has 19 atom stereocenters. The van der Waals surface area contributed by atoms with Gasteiger partial charge in [0.1, 0.15) is 73.1 Å². The molecule has 0 aromatic heterocycles. The molecule has 278 valence electrons. The Kier molecular flexibility index (Phi) is 13.5. The van der Waals surface area contributed by atoms with Crippen molar-refractivity contribution in [1.82, 2.24) is 10.6 Å². The van der Waals surface area contributed by atoms with Gasteiger partial charge in [-0.3, -0.25) is 9.59 Å². The largest absolute Gasteiger partial charge is 0.394 e. The molecule has 2 unspecified atom stereocenters. The molecule has 20 nitrogen and oxygen atoms in total. The van der Waals surface area contributed by atoms with E-state index >= 15 is 0 Å². The number of nitrogens with one attached hydrogen (secondary N) is 2. The summed E-state index contributed by atoms with van der Waals surface area (Å²) in [6.07, 6.45) is -25.2. The first-order valence-corrected chi connectivity index (χ1v) is 15.7. The van der Waals surface area contributed by atoms with Crippen molar-refractivity contribution in [3.8, 4) is 0 Å². The minimum Gasteiger partial charge on any atom is -0.394 e. The van der Waals surface area contributed by atoms with E-state index in [1.54, 1.807) is 0 Å². The van der Waals surface area contributed by atoms with Crippen molar-refractivity contribution in [3.05, 3.63) is 0 Å². The molecule has 4 saturated heterocycles. The second kappa shape index (κ2) is 16.5. The lowest BCUT2D eigenvalue weighted by Gasteiger charge is -2.50. The molecule has 0 bridgehead atoms. The van der Waals surface area contributed by atoms with Crippen LogP contribution in [0.25, 0.3) is 0 Å². The molecule has 2 amide bonds. The van der Waals surface area contributed by atoms with Crippen molar-refractivity contribution in [2.24, 2.45) is 0 Å². The van der Waals surface area contributed by atoms with Gasteiger partial charge in [-0.15, -0.1) is 0 Å². The Morgan fingerprint density at radius 2 is 1.17 bits per heavy atom. The van der Waals surface area contributed by atoms with Crippen molar-refractivity contribution in [2.45, 2.75) is 151 Å². The van der Waals surface area contributed by atoms with Crippen molar-refractivity contribution >= 4 is 11.8 Å². The summed E-state index contributed by atoms with van der Waals surface area (Å²) in [5.74, 6) is -1.33. The lowest BCUT2D eigenvalue weighted by molar-refractivity contribution is -0.369. The van der Waals surface area contributed by atoms with E-state index in [-0.39, 0.29) is 6.42 Å². The average Bonchev–Trinajstić information content (AvgIpc) is 3.02. The van der Waals surface area contributed by atoms with Crippen molar-refractivity contribution in [3.63, 3.8) is 0 Å². The van der Waals surface area contributed by atoms with E-state index in [2.05, 4.69) is 10.6 Å². The zero-order valence-electron chi connectivity index (χ0n) is 26.8. The van der Waals surface area contributed by atoms with Gasteiger partial charge in [-0.05, 0) is 13.8 Å². The number of hydrogen-bond donors (Lipinski definition) is 11. The van der Waals surface area contributed by atoms with E-state index in [0.29, 0.717) is 0 Å². The molecule has 48 heavy (non-hydrogen) atoms. The molecule has 0 spiro atoms. The van der Waals surface area contributed by atoms with Crippen LogP contribution in [0.1, 0.15) is 34.1 Å². The fraction of sp³-hybridized carbons (Fsp3) is 0.929. The Morgan fingerprint density at radius 1 is 0.604 bits per heavy atom. The summed E-state index contributed by atoms with van der Waals surface area (Å²) in [7, 11) is 0. The predicted molar refractivity (Wildman–Crippen MR) is 153 cm³/mol. The van der Waals surface area contributed by atoms with Gasteiger partial charge in [0.05, 0.1) is 31.5 Å². The number of carbonyl (C=O) groups excluding carboxylic acids is 2. The van der Waals surface area contributed by atoms with Crippen molar-refractivity contribution in [2.75, 3.05) is 13.2 Å². The highest BCUT2D eigenvalue weighted by Gasteiger charge is 2.55. The maximum absolute atomic E-state index is 12.4. The van der Waals surface area contributed by atoms with Gasteiger partial charge in [0.25, 0.3) is 0 Å². The van der Waals surface area contributed by atoms with E-state index in [4.69, 9.17) is 33.2 Å². The molecule has 4 aliphatic heterocycles. The predicted octanol–water partition coefficient (Wildman–Crippen LogP) is -6.38. The summed E-state index contributed by atoms with van der Waals surface area (Å²) in [6.45, 7) is 3.57. The number of amides is 2. The highest BCUT2D eigenvalue weighted by Crippen LogP contribution is 2.34. The van der Waals surface area contributed by atoms with Gasteiger partial charge in [0.2, 0.25) is 11.8 Å². The van der Waals surface area contributed by atoms with E-state index in [0.717, 1.165) is 13.8 Å². The monoisotopic (exact) mass is 700 g/mol. The van der Waals surface area contributed by atoms with Crippen LogP contribution in [-0.2, 0) is 42.7 Å². The smallest absolute Gasteiger partial charge is 0.217 e. The van der Waals surface area contributed by atoms with Crippen LogP contribution in [0.5, 0.6) is 0 Å². The highest BCUT2D eigenvalue weighted by atomic mass is 16.8. The van der Waals surface area contributed by atoms with Gasteiger partial charge >= 0.3 is 0 Å². The lowest BCUT2D eigenvalue weighted by atomic mass is 9.93. The van der Waals surface area contributed by atoms with Crippen molar-refractivity contribution in [1.29, 1.82) is 0 Å². The summed E-state index contributed by atoms with van der Waals surface area (Å²) in [5.41, 5.74) is 0. The van der Waals surface area contributed by atoms with Crippen molar-refractivity contribution < 1.29 is 88.7 Å². The molecule has 0 aliphatic carbocycles. The standard InChI is InChI=1S/C28H48N2O18/c1-8-12(35)5-13(36)26(42-8)47-23-17(30-11(4)34)27(45-14(6-31)19(23)38)46-22-15(7-32)44-25(41)16(29-10(3)33)24(22)48-28-21(40)20(39)18(37)9(2)43-28/h8-9,12-28,31-32,35-41H,5-7H2,1-4H3,(H,29,33)(H,30,34)/t8-,9+,12+,13+,14-,15-,16-,17-,18-,19+,20-,21+,22-,23-,24-,25?,26?,27+,28+/m1/s1. The first kappa shape index (κ1) is 39.1. The first-order valence-electron chi connectivity index (χ1n) is 15.7. The maximum Gasteiger partial charge on any atom is 0.217 e. The Labute approximate surface area is 275 Å². The number of ether oxygens (including phenoxy) is 7. The highest BCUT2D eigenvalue weighted by molar-refractivity contribution is 5.73. The Balaban J connectivity index is 1.70. The average molecular weight is 701 g/mol. The van der Waals surface area contributed by atoms with Gasteiger partial charge < -0.3 is 89.8 Å². The van der Waals surface area contributed by atoms with E-state index in [1.165, 1.54) is 13.8 Å². The third-order valence-corrected chi connectivity index (χ3v) is 8.81. The quantitative estimate of drug-likeness (QED) is 0.101. The second-order valence-electron chi connectivity index (χ2n) is 12.5. The molecule has 20 heteroatoms. The summed E-state index contributed by atoms with van der Waals surface area (Å²) in [6, 6.07) is -2.91. The third-order valence-electron chi connectivity index (χ3n) is 8.81. The minimum absolute atomic E-state index is 0.137. The fourth-order valence-corrected chi connectivity index (χ4v) is 6.17. The van der Waals surface area contributed by atoms with Gasteiger partial charge in [-0.2, -0.15) is 0 Å². The van der Waals surface area contributed by atoms with E-state index in [9.17, 15) is 55.5 Å². The fourth-order valence-electron chi connectivity index (χ4n) is 6.17. The second-order valence-corrected chi connectivity index (χ2v) is 12.5. The molecule has 0 aromatic carbocycles. The molecular weight excluding hydrogens is 652 g/mol. The molecular formula is C28H48N2O18. The van der Waals surface area contributed by atoms with Crippen LogP contribution < -0.4 is 10.6 Å². The van der Waals surface area contributed by atoms with Gasteiger partial charge in [0.15, 0.2) is 25.2 Å². The number of carbonyl (C=O) groups is 2. The van der Waals surface area contributed by atoms with Crippen LogP contribution in [0.15, 0.2) is 0 Å². The minimum atomic E-state index is -1.84. The van der Waals surface area contributed by atoms with Crippen LogP contribution >= 0.6 is 0 Å². The van der Waals surface area contributed by atoms with Crippen LogP contribution in [0.4, 0.5) is 0 Å². The Morgan fingerprint density at radius 3 is 1.77 bits per heavy atom. The summed E-state index contributed by atoms with van der Waals surface area (Å²) < 4.78 is 40.7. The molecule has 4 rings (SSSR count). The zero-order chi connectivity index (χ0) is 35.6. The molecule has 4 fully saturated rings. The third kappa shape index (κ3) is 8.60. The molecule has 4 heterocycles. The van der Waals surface area contributed by atoms with Gasteiger partial charge in [0, 0.05) is 20.3 Å². The molecule has 0 radical (unpaired) electrons. The number of hydrogen-bond acceptors (Lipinski definition) is 18. The zero-order valence-corrected chi connectivity index (χ0v) is 26.8. The number of aliphatic hydroxyl groups is 9. The maximum atomic E-state index is 12.4. The number of rotatable bonds is 10. The molecule has 0 aromatic rings. The van der Waals surface area contributed by atoms with Crippen LogP contribution in [0.2, 0.25) is 0 Å². The normalized spacial score (nSPS) is 48.5. The van der Waals surface area contributed by atoms with Gasteiger partial charge in [-0.25, -0.2) is 0 Å². The number of aliphatic hydroxyl groups excluding tert-OH is 9. The Bertz CT molecular complexity index is 1080. The lowest BCUT2D eigenvalue weighted by Crippen LogP contribution is -2.71. The molecule has 11 N–H and O–H groups in total. The first-order chi connectivity index (χ1) is 22.6. The summed E-state index contributed by atoms with van der Waals surface area (Å²) in [5, 5.41) is 99.2. The van der Waals surface area contributed by atoms with Crippen LogP contribution in [0.3, 0.4) is 0 Å². The summed E-state index contributed by atoms with van der Waals surface area (Å²) in [4.78, 5) is 24.6. The molecule has 0 saturated carbocycles. The topological polar surface area (TPSA) is 305 Å². The summed E-state index contributed by atoms with van der Waals surface area (Å²) >= 11 is 0. The van der Waals surface area contributed by atoms with Gasteiger partial charge in [-0.1, -0.05) is 0 Å². The van der Waals surface area contributed by atoms with E-state index in [1.807, 2.05) is 0 Å². The van der Waals surface area contributed by atoms with Crippen LogP contribution in [0, 0.1) is 0 Å². The molecule has 4 aliphatic rings. The Hall–Kier alpha value is -1.70. The van der Waals surface area contributed by atoms with E-state index < -0.39 is 142 Å².